The lowest BCUT2D eigenvalue weighted by Crippen LogP contribution is -2.28. The van der Waals surface area contributed by atoms with Gasteiger partial charge in [0.2, 0.25) is 0 Å². The van der Waals surface area contributed by atoms with Crippen molar-refractivity contribution in [2.45, 2.75) is 40.0 Å². The molecule has 2 aromatic rings. The highest BCUT2D eigenvalue weighted by Gasteiger charge is 2.10. The van der Waals surface area contributed by atoms with E-state index in [0.717, 1.165) is 11.1 Å². The van der Waals surface area contributed by atoms with Crippen molar-refractivity contribution in [2.75, 3.05) is 13.7 Å². The van der Waals surface area contributed by atoms with Crippen LogP contribution in [0.25, 0.3) is 0 Å². The number of Topliss-reactive ketones (excluding diaryl/α,β-unsaturated/α-hetero) is 1. The normalized spacial score (nSPS) is 10.6. The molecule has 0 atom stereocenters. The lowest BCUT2D eigenvalue weighted by atomic mass is 10.1. The molecule has 1 N–H and O–H groups in total. The quantitative estimate of drug-likeness (QED) is 0.634. The van der Waals surface area contributed by atoms with Crippen LogP contribution in [0.5, 0.6) is 11.5 Å². The summed E-state index contributed by atoms with van der Waals surface area (Å²) in [5.74, 6) is 0.520. The Labute approximate surface area is 165 Å². The van der Waals surface area contributed by atoms with Crippen molar-refractivity contribution in [1.29, 1.82) is 0 Å². The zero-order chi connectivity index (χ0) is 20.5. The topological polar surface area (TPSA) is 73.9 Å². The maximum atomic E-state index is 12.1. The van der Waals surface area contributed by atoms with Crippen LogP contribution in [0.15, 0.2) is 42.5 Å². The van der Waals surface area contributed by atoms with Gasteiger partial charge >= 0.3 is 0 Å². The zero-order valence-electron chi connectivity index (χ0n) is 16.8. The highest BCUT2D eigenvalue weighted by Crippen LogP contribution is 2.28. The summed E-state index contributed by atoms with van der Waals surface area (Å²) in [5, 5.41) is 2.82. The highest BCUT2D eigenvalue weighted by atomic mass is 16.5. The van der Waals surface area contributed by atoms with E-state index in [9.17, 15) is 9.59 Å². The van der Waals surface area contributed by atoms with Gasteiger partial charge in [-0.2, -0.15) is 0 Å². The predicted octanol–water partition coefficient (Wildman–Crippen LogP) is 3.52. The van der Waals surface area contributed by atoms with Crippen LogP contribution in [-0.4, -0.2) is 31.5 Å². The van der Waals surface area contributed by atoms with E-state index in [-0.39, 0.29) is 24.4 Å². The van der Waals surface area contributed by atoms with Crippen LogP contribution in [0.3, 0.4) is 0 Å². The number of benzene rings is 2. The lowest BCUT2D eigenvalue weighted by molar-refractivity contribution is -0.123. The number of rotatable bonds is 10. The van der Waals surface area contributed by atoms with E-state index in [4.69, 9.17) is 14.2 Å². The molecule has 0 heterocycles. The molecule has 0 spiro atoms. The summed E-state index contributed by atoms with van der Waals surface area (Å²) in [6.07, 6.45) is 0.191. The molecule has 0 fully saturated rings. The molecule has 2 aromatic carbocycles. The Kier molecular flexibility index (Phi) is 8.02. The molecule has 0 saturated carbocycles. The molecule has 0 saturated heterocycles. The summed E-state index contributed by atoms with van der Waals surface area (Å²) in [4.78, 5) is 23.5. The standard InChI is InChI=1S/C22H27NO5/c1-15(2)27-13-18-7-5-17(6-8-18)12-23-22(25)14-28-20-10-9-19(16(3)24)11-21(20)26-4/h5-11,15H,12-14H2,1-4H3,(H,23,25). The second kappa shape index (κ2) is 10.5. The number of methoxy groups -OCH3 is 1. The van der Waals surface area contributed by atoms with Crippen LogP contribution >= 0.6 is 0 Å². The minimum atomic E-state index is -0.245. The Morgan fingerprint density at radius 1 is 1.00 bits per heavy atom. The largest absolute Gasteiger partial charge is 0.493 e. The number of carbonyl (C=O) groups is 2. The average Bonchev–Trinajstić information content (AvgIpc) is 2.69. The van der Waals surface area contributed by atoms with Crippen molar-refractivity contribution in [1.82, 2.24) is 5.32 Å². The van der Waals surface area contributed by atoms with Gasteiger partial charge in [0, 0.05) is 12.1 Å². The van der Waals surface area contributed by atoms with Crippen molar-refractivity contribution >= 4 is 11.7 Å². The number of amides is 1. The molecule has 0 bridgehead atoms. The van der Waals surface area contributed by atoms with Gasteiger partial charge in [0.05, 0.1) is 19.8 Å². The fraction of sp³-hybridized carbons (Fsp3) is 0.364. The second-order valence-electron chi connectivity index (χ2n) is 6.66. The number of carbonyl (C=O) groups excluding carboxylic acids is 2. The van der Waals surface area contributed by atoms with Crippen LogP contribution in [0, 0.1) is 0 Å². The third-order valence-electron chi connectivity index (χ3n) is 4.02. The number of ketones is 1. The van der Waals surface area contributed by atoms with Gasteiger partial charge in [0.15, 0.2) is 23.9 Å². The number of hydrogen-bond acceptors (Lipinski definition) is 5. The summed E-state index contributed by atoms with van der Waals surface area (Å²) in [5.41, 5.74) is 2.61. The molecule has 6 heteroatoms. The molecule has 6 nitrogen and oxygen atoms in total. The Morgan fingerprint density at radius 2 is 1.68 bits per heavy atom. The van der Waals surface area contributed by atoms with Gasteiger partial charge in [-0.1, -0.05) is 24.3 Å². The summed E-state index contributed by atoms with van der Waals surface area (Å²) >= 11 is 0. The first kappa shape index (κ1) is 21.4. The molecular weight excluding hydrogens is 358 g/mol. The molecule has 1 amide bonds. The van der Waals surface area contributed by atoms with Crippen molar-refractivity contribution in [3.8, 4) is 11.5 Å². The van der Waals surface area contributed by atoms with Gasteiger partial charge in [-0.05, 0) is 50.1 Å². The van der Waals surface area contributed by atoms with Crippen LogP contribution in [-0.2, 0) is 22.7 Å². The predicted molar refractivity (Wildman–Crippen MR) is 107 cm³/mol. The Bertz CT molecular complexity index is 799. The fourth-order valence-electron chi connectivity index (χ4n) is 2.42. The van der Waals surface area contributed by atoms with Gasteiger partial charge in [-0.3, -0.25) is 9.59 Å². The van der Waals surface area contributed by atoms with Crippen LogP contribution in [0.1, 0.15) is 42.3 Å². The number of nitrogens with one attached hydrogen (secondary N) is 1. The summed E-state index contributed by atoms with van der Waals surface area (Å²) < 4.78 is 16.3. The molecule has 0 aliphatic rings. The monoisotopic (exact) mass is 385 g/mol. The van der Waals surface area contributed by atoms with Gasteiger partial charge < -0.3 is 19.5 Å². The van der Waals surface area contributed by atoms with Gasteiger partial charge in [-0.15, -0.1) is 0 Å². The summed E-state index contributed by atoms with van der Waals surface area (Å²) in [6.45, 7) is 6.32. The molecule has 0 aliphatic heterocycles. The van der Waals surface area contributed by atoms with E-state index in [0.29, 0.717) is 30.2 Å². The maximum absolute atomic E-state index is 12.1. The van der Waals surface area contributed by atoms with E-state index in [1.165, 1.54) is 14.0 Å². The van der Waals surface area contributed by atoms with Gasteiger partial charge in [0.1, 0.15) is 0 Å². The second-order valence-corrected chi connectivity index (χ2v) is 6.66. The third-order valence-corrected chi connectivity index (χ3v) is 4.02. The van der Waals surface area contributed by atoms with E-state index in [1.54, 1.807) is 18.2 Å². The number of hydrogen-bond donors (Lipinski definition) is 1. The molecule has 0 unspecified atom stereocenters. The Hall–Kier alpha value is -2.86. The summed E-state index contributed by atoms with van der Waals surface area (Å²) in [6, 6.07) is 12.8. The van der Waals surface area contributed by atoms with Gasteiger partial charge in [0.25, 0.3) is 5.91 Å². The van der Waals surface area contributed by atoms with Crippen molar-refractivity contribution in [3.05, 3.63) is 59.2 Å². The molecule has 0 radical (unpaired) electrons. The van der Waals surface area contributed by atoms with Crippen LogP contribution < -0.4 is 14.8 Å². The first-order valence-electron chi connectivity index (χ1n) is 9.17. The van der Waals surface area contributed by atoms with E-state index >= 15 is 0 Å². The van der Waals surface area contributed by atoms with Gasteiger partial charge in [-0.25, -0.2) is 0 Å². The maximum Gasteiger partial charge on any atom is 0.258 e. The lowest BCUT2D eigenvalue weighted by Gasteiger charge is -2.12. The minimum Gasteiger partial charge on any atom is -0.493 e. The van der Waals surface area contributed by atoms with Crippen molar-refractivity contribution < 1.29 is 23.8 Å². The molecule has 28 heavy (non-hydrogen) atoms. The average molecular weight is 385 g/mol. The van der Waals surface area contributed by atoms with Crippen molar-refractivity contribution in [2.24, 2.45) is 0 Å². The fourth-order valence-corrected chi connectivity index (χ4v) is 2.42. The molecule has 2 rings (SSSR count). The first-order valence-corrected chi connectivity index (χ1v) is 9.17. The van der Waals surface area contributed by atoms with E-state index in [2.05, 4.69) is 5.32 Å². The smallest absolute Gasteiger partial charge is 0.258 e. The zero-order valence-corrected chi connectivity index (χ0v) is 16.8. The molecular formula is C22H27NO5. The van der Waals surface area contributed by atoms with E-state index < -0.39 is 0 Å². The first-order chi connectivity index (χ1) is 13.4. The number of ether oxygens (including phenoxy) is 3. The van der Waals surface area contributed by atoms with Crippen LogP contribution in [0.2, 0.25) is 0 Å². The molecule has 0 aliphatic carbocycles. The van der Waals surface area contributed by atoms with Crippen molar-refractivity contribution in [3.63, 3.8) is 0 Å². The Balaban J connectivity index is 1.82. The third kappa shape index (κ3) is 6.70. The van der Waals surface area contributed by atoms with Crippen LogP contribution in [0.4, 0.5) is 0 Å². The minimum absolute atomic E-state index is 0.0654. The Morgan fingerprint density at radius 3 is 2.29 bits per heavy atom. The van der Waals surface area contributed by atoms with E-state index in [1.807, 2.05) is 38.1 Å². The molecule has 150 valence electrons. The highest BCUT2D eigenvalue weighted by molar-refractivity contribution is 5.94. The SMILES string of the molecule is COc1cc(C(C)=O)ccc1OCC(=O)NCc1ccc(COC(C)C)cc1. The molecule has 0 aromatic heterocycles. The summed E-state index contributed by atoms with van der Waals surface area (Å²) in [7, 11) is 1.49.